The maximum atomic E-state index is 12.6. The molecule has 1 amide bonds. The minimum Gasteiger partial charge on any atom is -0.339 e. The van der Waals surface area contributed by atoms with E-state index in [9.17, 15) is 4.79 Å². The molecule has 2 heterocycles. The smallest absolute Gasteiger partial charge is 0.253 e. The highest BCUT2D eigenvalue weighted by Crippen LogP contribution is 2.14. The maximum absolute atomic E-state index is 12.6. The van der Waals surface area contributed by atoms with Gasteiger partial charge in [0.2, 0.25) is 0 Å². The van der Waals surface area contributed by atoms with E-state index < -0.39 is 0 Å². The monoisotopic (exact) mass is 314 g/mol. The largest absolute Gasteiger partial charge is 0.339 e. The van der Waals surface area contributed by atoms with Gasteiger partial charge < -0.3 is 10.6 Å². The molecule has 0 bridgehead atoms. The van der Waals surface area contributed by atoms with Gasteiger partial charge in [0.1, 0.15) is 5.82 Å². The number of tetrazole rings is 1. The summed E-state index contributed by atoms with van der Waals surface area (Å²) in [7, 11) is 0. The van der Waals surface area contributed by atoms with Crippen LogP contribution < -0.4 is 5.73 Å². The van der Waals surface area contributed by atoms with Gasteiger partial charge in [-0.3, -0.25) is 4.79 Å². The van der Waals surface area contributed by atoms with E-state index in [-0.39, 0.29) is 11.9 Å². The van der Waals surface area contributed by atoms with Crippen LogP contribution >= 0.6 is 0 Å². The molecule has 1 saturated heterocycles. The molecule has 3 rings (SSSR count). The SMILES string of the molecule is Cc1nnnn1Cc1ccc(C(=O)N2CCC[C@@H](N)CC2)cc1. The fraction of sp³-hybridized carbons (Fsp3) is 0.500. The van der Waals surface area contributed by atoms with Crippen molar-refractivity contribution in [1.82, 2.24) is 25.1 Å². The summed E-state index contributed by atoms with van der Waals surface area (Å²) in [5.74, 6) is 0.857. The summed E-state index contributed by atoms with van der Waals surface area (Å²) in [5, 5.41) is 11.4. The van der Waals surface area contributed by atoms with Crippen molar-refractivity contribution in [2.45, 2.75) is 38.8 Å². The topological polar surface area (TPSA) is 89.9 Å². The second-order valence-electron chi connectivity index (χ2n) is 6.06. The van der Waals surface area contributed by atoms with Crippen molar-refractivity contribution in [1.29, 1.82) is 0 Å². The summed E-state index contributed by atoms with van der Waals surface area (Å²) < 4.78 is 1.73. The van der Waals surface area contributed by atoms with E-state index in [0.29, 0.717) is 6.54 Å². The van der Waals surface area contributed by atoms with Crippen molar-refractivity contribution in [2.24, 2.45) is 5.73 Å². The van der Waals surface area contributed by atoms with Crippen molar-refractivity contribution in [2.75, 3.05) is 13.1 Å². The number of hydrogen-bond donors (Lipinski definition) is 1. The molecule has 7 nitrogen and oxygen atoms in total. The third kappa shape index (κ3) is 3.73. The van der Waals surface area contributed by atoms with Crippen LogP contribution in [0.2, 0.25) is 0 Å². The van der Waals surface area contributed by atoms with Crippen LogP contribution in [0.5, 0.6) is 0 Å². The molecule has 1 fully saturated rings. The summed E-state index contributed by atoms with van der Waals surface area (Å²) >= 11 is 0. The van der Waals surface area contributed by atoms with Gasteiger partial charge >= 0.3 is 0 Å². The molecule has 2 aromatic rings. The zero-order valence-electron chi connectivity index (χ0n) is 13.4. The van der Waals surface area contributed by atoms with Gasteiger partial charge in [0.15, 0.2) is 0 Å². The number of likely N-dealkylation sites (tertiary alicyclic amines) is 1. The third-order valence-electron chi connectivity index (χ3n) is 4.30. The van der Waals surface area contributed by atoms with Crippen LogP contribution in [0.15, 0.2) is 24.3 Å². The Bertz CT molecular complexity index is 665. The lowest BCUT2D eigenvalue weighted by molar-refractivity contribution is 0.0761. The lowest BCUT2D eigenvalue weighted by Crippen LogP contribution is -2.32. The third-order valence-corrected chi connectivity index (χ3v) is 4.30. The van der Waals surface area contributed by atoms with E-state index in [1.807, 2.05) is 36.1 Å². The second-order valence-corrected chi connectivity index (χ2v) is 6.06. The minimum atomic E-state index is 0.0873. The molecular weight excluding hydrogens is 292 g/mol. The van der Waals surface area contributed by atoms with Crippen LogP contribution in [-0.4, -0.2) is 50.1 Å². The number of carbonyl (C=O) groups is 1. The van der Waals surface area contributed by atoms with Crippen molar-refractivity contribution >= 4 is 5.91 Å². The Morgan fingerprint density at radius 1 is 1.26 bits per heavy atom. The Hall–Kier alpha value is -2.28. The van der Waals surface area contributed by atoms with Gasteiger partial charge in [0.05, 0.1) is 6.54 Å². The average molecular weight is 314 g/mol. The molecule has 0 saturated carbocycles. The van der Waals surface area contributed by atoms with Crippen LogP contribution in [-0.2, 0) is 6.54 Å². The van der Waals surface area contributed by atoms with E-state index in [0.717, 1.165) is 49.3 Å². The number of amides is 1. The summed E-state index contributed by atoms with van der Waals surface area (Å²) in [6.45, 7) is 4.00. The molecule has 2 N–H and O–H groups in total. The normalized spacial score (nSPS) is 18.7. The van der Waals surface area contributed by atoms with Crippen molar-refractivity contribution in [3.8, 4) is 0 Å². The highest BCUT2D eigenvalue weighted by Gasteiger charge is 2.19. The number of rotatable bonds is 3. The van der Waals surface area contributed by atoms with Gasteiger partial charge in [0, 0.05) is 24.7 Å². The van der Waals surface area contributed by atoms with Crippen LogP contribution in [0.1, 0.15) is 41.0 Å². The molecule has 7 heteroatoms. The maximum Gasteiger partial charge on any atom is 0.253 e. The van der Waals surface area contributed by atoms with Gasteiger partial charge in [-0.15, -0.1) is 5.10 Å². The average Bonchev–Trinajstić information content (AvgIpc) is 2.82. The zero-order valence-corrected chi connectivity index (χ0v) is 13.4. The standard InChI is InChI=1S/C16H22N6O/c1-12-18-19-20-22(12)11-13-4-6-14(7-5-13)16(23)21-9-2-3-15(17)8-10-21/h4-7,15H,2-3,8-11,17H2,1H3/t15-/m1/s1. The molecule has 0 spiro atoms. The second kappa shape index (κ2) is 6.87. The van der Waals surface area contributed by atoms with Crippen molar-refractivity contribution < 1.29 is 4.79 Å². The van der Waals surface area contributed by atoms with E-state index in [4.69, 9.17) is 5.73 Å². The number of aryl methyl sites for hydroxylation is 1. The first-order chi connectivity index (χ1) is 11.1. The molecule has 0 unspecified atom stereocenters. The summed E-state index contributed by atoms with van der Waals surface area (Å²) in [6, 6.07) is 7.88. The summed E-state index contributed by atoms with van der Waals surface area (Å²) in [4.78, 5) is 14.5. The predicted octanol–water partition coefficient (Wildman–Crippen LogP) is 0.983. The Morgan fingerprint density at radius 2 is 2.04 bits per heavy atom. The Balaban J connectivity index is 1.66. The molecule has 0 radical (unpaired) electrons. The molecule has 1 atom stereocenters. The molecule has 0 aliphatic carbocycles. The first-order valence-electron chi connectivity index (χ1n) is 8.00. The molecule has 1 aliphatic rings. The predicted molar refractivity (Wildman–Crippen MR) is 85.8 cm³/mol. The van der Waals surface area contributed by atoms with Crippen LogP contribution in [0, 0.1) is 6.92 Å². The van der Waals surface area contributed by atoms with Gasteiger partial charge in [-0.2, -0.15) is 0 Å². The van der Waals surface area contributed by atoms with Crippen LogP contribution in [0.25, 0.3) is 0 Å². The lowest BCUT2D eigenvalue weighted by Gasteiger charge is -2.20. The molecule has 23 heavy (non-hydrogen) atoms. The molecule has 1 aromatic heterocycles. The fourth-order valence-electron chi connectivity index (χ4n) is 2.83. The number of nitrogens with two attached hydrogens (primary N) is 1. The Labute approximate surface area is 135 Å². The Morgan fingerprint density at radius 3 is 2.74 bits per heavy atom. The highest BCUT2D eigenvalue weighted by molar-refractivity contribution is 5.94. The van der Waals surface area contributed by atoms with Crippen LogP contribution in [0.3, 0.4) is 0 Å². The summed E-state index contributed by atoms with van der Waals surface area (Å²) in [5.41, 5.74) is 7.76. The Kier molecular flexibility index (Phi) is 4.66. The zero-order chi connectivity index (χ0) is 16.2. The van der Waals surface area contributed by atoms with E-state index in [2.05, 4.69) is 15.5 Å². The summed E-state index contributed by atoms with van der Waals surface area (Å²) in [6.07, 6.45) is 2.85. The van der Waals surface area contributed by atoms with E-state index in [1.165, 1.54) is 0 Å². The molecular formula is C16H22N6O. The molecule has 1 aliphatic heterocycles. The van der Waals surface area contributed by atoms with Gasteiger partial charge in [0.25, 0.3) is 5.91 Å². The molecule has 1 aromatic carbocycles. The van der Waals surface area contributed by atoms with Crippen LogP contribution in [0.4, 0.5) is 0 Å². The van der Waals surface area contributed by atoms with E-state index >= 15 is 0 Å². The number of aromatic nitrogens is 4. The molecule has 122 valence electrons. The van der Waals surface area contributed by atoms with E-state index in [1.54, 1.807) is 4.68 Å². The number of benzene rings is 1. The first-order valence-corrected chi connectivity index (χ1v) is 8.00. The number of nitrogens with zero attached hydrogens (tertiary/aromatic N) is 5. The van der Waals surface area contributed by atoms with Crippen molar-refractivity contribution in [3.05, 3.63) is 41.2 Å². The first kappa shape index (κ1) is 15.6. The number of carbonyl (C=O) groups excluding carboxylic acids is 1. The van der Waals surface area contributed by atoms with Crippen molar-refractivity contribution in [3.63, 3.8) is 0 Å². The minimum absolute atomic E-state index is 0.0873. The van der Waals surface area contributed by atoms with Gasteiger partial charge in [-0.25, -0.2) is 4.68 Å². The van der Waals surface area contributed by atoms with Gasteiger partial charge in [-0.1, -0.05) is 12.1 Å². The number of hydrogen-bond acceptors (Lipinski definition) is 5. The lowest BCUT2D eigenvalue weighted by atomic mass is 10.1. The highest BCUT2D eigenvalue weighted by atomic mass is 16.2. The van der Waals surface area contributed by atoms with Gasteiger partial charge in [-0.05, 0) is 54.3 Å². The quantitative estimate of drug-likeness (QED) is 0.912. The fourth-order valence-corrected chi connectivity index (χ4v) is 2.83.